The molecule has 0 bridgehead atoms. The van der Waals surface area contributed by atoms with E-state index in [1.807, 2.05) is 24.3 Å². The minimum absolute atomic E-state index is 0.180. The molecule has 5 heteroatoms. The fraction of sp³-hybridized carbons (Fsp3) is 0. The van der Waals surface area contributed by atoms with Gasteiger partial charge in [0.2, 0.25) is 5.28 Å². The molecule has 3 aromatic rings. The summed E-state index contributed by atoms with van der Waals surface area (Å²) in [5.74, 6) is 0.844. The maximum atomic E-state index is 9.83. The first-order valence-corrected chi connectivity index (χ1v) is 5.41. The zero-order chi connectivity index (χ0) is 11.8. The van der Waals surface area contributed by atoms with Crippen molar-refractivity contribution in [3.8, 4) is 11.6 Å². The predicted octanol–water partition coefficient (Wildman–Crippen LogP) is 2.78. The molecule has 0 radical (unpaired) electrons. The van der Waals surface area contributed by atoms with Crippen molar-refractivity contribution < 1.29 is 5.11 Å². The lowest BCUT2D eigenvalue weighted by molar-refractivity contribution is 0.480. The Kier molecular flexibility index (Phi) is 2.23. The second kappa shape index (κ2) is 3.75. The third-order valence-electron chi connectivity index (χ3n) is 2.55. The monoisotopic (exact) mass is 245 g/mol. The third-order valence-corrected chi connectivity index (χ3v) is 2.73. The van der Waals surface area contributed by atoms with E-state index in [9.17, 15) is 5.11 Å². The van der Waals surface area contributed by atoms with Gasteiger partial charge in [0, 0.05) is 11.6 Å². The smallest absolute Gasteiger partial charge is 0.224 e. The molecule has 0 unspecified atom stereocenters. The highest BCUT2D eigenvalue weighted by atomic mass is 35.5. The number of rotatable bonds is 1. The number of para-hydroxylation sites is 1. The van der Waals surface area contributed by atoms with Gasteiger partial charge in [0.1, 0.15) is 11.6 Å². The van der Waals surface area contributed by atoms with E-state index in [0.717, 1.165) is 10.9 Å². The molecule has 0 spiro atoms. The zero-order valence-corrected chi connectivity index (χ0v) is 9.46. The van der Waals surface area contributed by atoms with Crippen LogP contribution < -0.4 is 0 Å². The summed E-state index contributed by atoms with van der Waals surface area (Å²) in [6.45, 7) is 0. The molecular weight excluding hydrogens is 238 g/mol. The van der Waals surface area contributed by atoms with E-state index in [2.05, 4.69) is 9.97 Å². The summed E-state index contributed by atoms with van der Waals surface area (Å²) >= 11 is 5.75. The average molecular weight is 246 g/mol. The Hall–Kier alpha value is -2.07. The molecule has 17 heavy (non-hydrogen) atoms. The zero-order valence-electron chi connectivity index (χ0n) is 8.71. The van der Waals surface area contributed by atoms with E-state index in [1.165, 1.54) is 0 Å². The fourth-order valence-corrected chi connectivity index (χ4v) is 1.95. The van der Waals surface area contributed by atoms with Gasteiger partial charge in [-0.2, -0.15) is 4.98 Å². The summed E-state index contributed by atoms with van der Waals surface area (Å²) < 4.78 is 1.78. The van der Waals surface area contributed by atoms with Gasteiger partial charge in [-0.05, 0) is 29.8 Å². The third kappa shape index (κ3) is 1.62. The Bertz CT molecular complexity index is 693. The number of hydrogen-bond donors (Lipinski definition) is 1. The predicted molar refractivity (Wildman–Crippen MR) is 65.5 cm³/mol. The minimum atomic E-state index is 0.180. The SMILES string of the molecule is Oc1cn(-c2ccnc(Cl)n2)c2ccccc12. The summed E-state index contributed by atoms with van der Waals surface area (Å²) in [6.07, 6.45) is 3.19. The molecule has 2 aromatic heterocycles. The van der Waals surface area contributed by atoms with Crippen molar-refractivity contribution >= 4 is 22.5 Å². The van der Waals surface area contributed by atoms with Crippen molar-refractivity contribution in [1.29, 1.82) is 0 Å². The second-order valence-electron chi connectivity index (χ2n) is 3.59. The normalized spacial score (nSPS) is 10.9. The fourth-order valence-electron chi connectivity index (χ4n) is 1.81. The van der Waals surface area contributed by atoms with Crippen molar-refractivity contribution in [3.05, 3.63) is 48.0 Å². The van der Waals surface area contributed by atoms with Crippen LogP contribution in [0.2, 0.25) is 5.28 Å². The van der Waals surface area contributed by atoms with Crippen molar-refractivity contribution in [2.24, 2.45) is 0 Å². The number of fused-ring (bicyclic) bond motifs is 1. The first-order valence-electron chi connectivity index (χ1n) is 5.04. The Labute approximate surface area is 102 Å². The van der Waals surface area contributed by atoms with Crippen LogP contribution >= 0.6 is 11.6 Å². The van der Waals surface area contributed by atoms with Crippen LogP contribution in [0.3, 0.4) is 0 Å². The van der Waals surface area contributed by atoms with Gasteiger partial charge >= 0.3 is 0 Å². The minimum Gasteiger partial charge on any atom is -0.506 e. The van der Waals surface area contributed by atoms with Crippen LogP contribution in [0.25, 0.3) is 16.7 Å². The van der Waals surface area contributed by atoms with Gasteiger partial charge in [-0.25, -0.2) is 4.98 Å². The van der Waals surface area contributed by atoms with Crippen molar-refractivity contribution in [3.63, 3.8) is 0 Å². The van der Waals surface area contributed by atoms with Crippen LogP contribution in [-0.4, -0.2) is 19.6 Å². The summed E-state index contributed by atoms with van der Waals surface area (Å²) in [5.41, 5.74) is 0.875. The Morgan fingerprint density at radius 3 is 2.82 bits per heavy atom. The molecule has 0 aliphatic heterocycles. The second-order valence-corrected chi connectivity index (χ2v) is 3.92. The lowest BCUT2D eigenvalue weighted by Gasteiger charge is -2.03. The topological polar surface area (TPSA) is 50.9 Å². The number of aromatic hydroxyl groups is 1. The van der Waals surface area contributed by atoms with Gasteiger partial charge in [-0.3, -0.25) is 4.57 Å². The number of halogens is 1. The molecule has 84 valence electrons. The molecule has 1 N–H and O–H groups in total. The standard InChI is InChI=1S/C12H8ClN3O/c13-12-14-6-5-11(15-12)16-7-10(17)8-3-1-2-4-9(8)16/h1-7,17H. The van der Waals surface area contributed by atoms with E-state index >= 15 is 0 Å². The van der Waals surface area contributed by atoms with Gasteiger partial charge < -0.3 is 5.11 Å². The number of nitrogens with zero attached hydrogens (tertiary/aromatic N) is 3. The molecule has 0 fully saturated rings. The molecule has 2 heterocycles. The van der Waals surface area contributed by atoms with Crippen molar-refractivity contribution in [1.82, 2.24) is 14.5 Å². The van der Waals surface area contributed by atoms with Gasteiger partial charge in [0.05, 0.1) is 11.7 Å². The molecule has 0 atom stereocenters. The van der Waals surface area contributed by atoms with Gasteiger partial charge in [0.25, 0.3) is 0 Å². The number of aromatic nitrogens is 3. The summed E-state index contributed by atoms with van der Waals surface area (Å²) in [7, 11) is 0. The Morgan fingerprint density at radius 2 is 2.00 bits per heavy atom. The highest BCUT2D eigenvalue weighted by Gasteiger charge is 2.09. The highest BCUT2D eigenvalue weighted by Crippen LogP contribution is 2.28. The molecule has 1 aromatic carbocycles. The van der Waals surface area contributed by atoms with Crippen molar-refractivity contribution in [2.45, 2.75) is 0 Å². The van der Waals surface area contributed by atoms with Crippen LogP contribution in [0.1, 0.15) is 0 Å². The number of benzene rings is 1. The van der Waals surface area contributed by atoms with Gasteiger partial charge in [-0.15, -0.1) is 0 Å². The van der Waals surface area contributed by atoms with E-state index < -0.39 is 0 Å². The molecule has 0 amide bonds. The summed E-state index contributed by atoms with van der Waals surface area (Å²) in [4.78, 5) is 7.94. The molecular formula is C12H8ClN3O. The first kappa shape index (κ1) is 10.1. The molecule has 3 rings (SSSR count). The van der Waals surface area contributed by atoms with Gasteiger partial charge in [0.15, 0.2) is 0 Å². The molecule has 0 saturated carbocycles. The number of hydrogen-bond acceptors (Lipinski definition) is 3. The Morgan fingerprint density at radius 1 is 1.18 bits per heavy atom. The van der Waals surface area contributed by atoms with E-state index in [1.54, 1.807) is 23.0 Å². The molecule has 0 aliphatic rings. The first-order chi connectivity index (χ1) is 8.25. The summed E-state index contributed by atoms with van der Waals surface area (Å²) in [5, 5.41) is 10.8. The quantitative estimate of drug-likeness (QED) is 0.671. The highest BCUT2D eigenvalue weighted by molar-refractivity contribution is 6.28. The maximum absolute atomic E-state index is 9.83. The lowest BCUT2D eigenvalue weighted by atomic mass is 10.2. The molecule has 0 saturated heterocycles. The van der Waals surface area contributed by atoms with Crippen LogP contribution in [-0.2, 0) is 0 Å². The van der Waals surface area contributed by atoms with E-state index in [-0.39, 0.29) is 11.0 Å². The van der Waals surface area contributed by atoms with Crippen LogP contribution in [0, 0.1) is 0 Å². The van der Waals surface area contributed by atoms with Gasteiger partial charge in [-0.1, -0.05) is 12.1 Å². The van der Waals surface area contributed by atoms with Crippen molar-refractivity contribution in [2.75, 3.05) is 0 Å². The van der Waals surface area contributed by atoms with E-state index in [0.29, 0.717) is 5.82 Å². The maximum Gasteiger partial charge on any atom is 0.224 e. The molecule has 4 nitrogen and oxygen atoms in total. The van der Waals surface area contributed by atoms with Crippen LogP contribution in [0.5, 0.6) is 5.75 Å². The van der Waals surface area contributed by atoms with Crippen LogP contribution in [0.15, 0.2) is 42.7 Å². The van der Waals surface area contributed by atoms with E-state index in [4.69, 9.17) is 11.6 Å². The lowest BCUT2D eigenvalue weighted by Crippen LogP contribution is -1.96. The molecule has 0 aliphatic carbocycles. The average Bonchev–Trinajstić information content (AvgIpc) is 2.68. The van der Waals surface area contributed by atoms with Crippen LogP contribution in [0.4, 0.5) is 0 Å². The largest absolute Gasteiger partial charge is 0.506 e. The summed E-state index contributed by atoms with van der Waals surface area (Å²) in [6, 6.07) is 9.27. The Balaban J connectivity index is 2.31.